The molecule has 2 saturated carbocycles. The molecule has 0 radical (unpaired) electrons. The molecule has 1 amide bonds. The Balaban J connectivity index is 1.54. The van der Waals surface area contributed by atoms with Crippen LogP contribution in [0, 0.1) is 0 Å². The average molecular weight is 354 g/mol. The van der Waals surface area contributed by atoms with E-state index in [9.17, 15) is 9.90 Å². The number of aliphatic hydroxyl groups excluding tert-OH is 1. The minimum Gasteiger partial charge on any atom is -0.393 e. The zero-order chi connectivity index (χ0) is 17.9. The lowest BCUT2D eigenvalue weighted by molar-refractivity contribution is 0.0939. The minimum absolute atomic E-state index is 0.0482. The molecule has 6 nitrogen and oxygen atoms in total. The van der Waals surface area contributed by atoms with Gasteiger partial charge in [0.15, 0.2) is 0 Å². The molecule has 0 spiro atoms. The first-order valence-electron chi connectivity index (χ1n) is 9.70. The summed E-state index contributed by atoms with van der Waals surface area (Å²) in [5.41, 5.74) is 1.30. The largest absolute Gasteiger partial charge is 0.393 e. The summed E-state index contributed by atoms with van der Waals surface area (Å²) in [6.07, 6.45) is 9.52. The zero-order valence-electron chi connectivity index (χ0n) is 14.9. The molecule has 1 heterocycles. The number of amides is 1. The lowest BCUT2D eigenvalue weighted by Gasteiger charge is -2.26. The monoisotopic (exact) mass is 354 g/mol. The molecule has 0 aliphatic heterocycles. The van der Waals surface area contributed by atoms with Crippen molar-refractivity contribution in [1.82, 2.24) is 15.3 Å². The lowest BCUT2D eigenvalue weighted by Crippen LogP contribution is -2.32. The number of carbonyl (C=O) groups is 1. The van der Waals surface area contributed by atoms with E-state index in [1.807, 2.05) is 18.2 Å². The van der Waals surface area contributed by atoms with Crippen molar-refractivity contribution in [1.29, 1.82) is 0 Å². The number of para-hydroxylation sites is 1. The number of benzene rings is 1. The summed E-state index contributed by atoms with van der Waals surface area (Å²) in [7, 11) is 0. The van der Waals surface area contributed by atoms with Crippen LogP contribution in [-0.4, -0.2) is 39.2 Å². The van der Waals surface area contributed by atoms with Crippen LogP contribution in [0.2, 0.25) is 0 Å². The van der Waals surface area contributed by atoms with Gasteiger partial charge in [-0.2, -0.15) is 0 Å². The number of rotatable bonds is 4. The van der Waals surface area contributed by atoms with E-state index in [4.69, 9.17) is 0 Å². The van der Waals surface area contributed by atoms with Gasteiger partial charge in [-0.3, -0.25) is 4.79 Å². The molecular weight excluding hydrogens is 328 g/mol. The van der Waals surface area contributed by atoms with Crippen LogP contribution in [0.1, 0.15) is 61.7 Å². The maximum Gasteiger partial charge on any atom is 0.253 e. The first-order valence-corrected chi connectivity index (χ1v) is 9.70. The summed E-state index contributed by atoms with van der Waals surface area (Å²) in [6, 6.07) is 6.20. The Hall–Kier alpha value is -2.21. The highest BCUT2D eigenvalue weighted by Gasteiger charge is 2.22. The van der Waals surface area contributed by atoms with Gasteiger partial charge >= 0.3 is 0 Å². The van der Waals surface area contributed by atoms with Crippen LogP contribution in [0.25, 0.3) is 10.9 Å². The summed E-state index contributed by atoms with van der Waals surface area (Å²) in [5, 5.41) is 17.0. The van der Waals surface area contributed by atoms with Crippen LogP contribution in [0.4, 0.5) is 5.95 Å². The Kier molecular flexibility index (Phi) is 5.02. The Labute approximate surface area is 153 Å². The molecule has 0 bridgehead atoms. The smallest absolute Gasteiger partial charge is 0.253 e. The third-order valence-corrected chi connectivity index (χ3v) is 5.58. The predicted molar refractivity (Wildman–Crippen MR) is 101 cm³/mol. The number of aromatic nitrogens is 2. The number of anilines is 1. The van der Waals surface area contributed by atoms with E-state index >= 15 is 0 Å². The van der Waals surface area contributed by atoms with Gasteiger partial charge in [-0.25, -0.2) is 9.97 Å². The third-order valence-electron chi connectivity index (χ3n) is 5.58. The number of carbonyl (C=O) groups excluding carboxylic acids is 1. The number of fused-ring (bicyclic) bond motifs is 1. The fourth-order valence-electron chi connectivity index (χ4n) is 4.04. The zero-order valence-corrected chi connectivity index (χ0v) is 14.9. The van der Waals surface area contributed by atoms with Crippen molar-refractivity contribution in [3.8, 4) is 0 Å². The highest BCUT2D eigenvalue weighted by Crippen LogP contribution is 2.23. The number of nitrogens with one attached hydrogen (secondary N) is 2. The van der Waals surface area contributed by atoms with Gasteiger partial charge < -0.3 is 15.7 Å². The maximum absolute atomic E-state index is 12.7. The van der Waals surface area contributed by atoms with Crippen LogP contribution in [0.5, 0.6) is 0 Å². The van der Waals surface area contributed by atoms with Gasteiger partial charge in [-0.05, 0) is 44.6 Å². The van der Waals surface area contributed by atoms with Crippen molar-refractivity contribution in [3.63, 3.8) is 0 Å². The van der Waals surface area contributed by atoms with Gasteiger partial charge in [0, 0.05) is 23.7 Å². The Morgan fingerprint density at radius 1 is 1.04 bits per heavy atom. The number of aliphatic hydroxyl groups is 1. The first-order chi connectivity index (χ1) is 12.7. The Morgan fingerprint density at radius 2 is 1.81 bits per heavy atom. The van der Waals surface area contributed by atoms with E-state index in [1.165, 1.54) is 12.8 Å². The molecule has 2 aliphatic carbocycles. The van der Waals surface area contributed by atoms with Gasteiger partial charge in [0.05, 0.1) is 17.2 Å². The van der Waals surface area contributed by atoms with E-state index in [0.717, 1.165) is 43.9 Å². The molecule has 6 heteroatoms. The van der Waals surface area contributed by atoms with Crippen molar-refractivity contribution >= 4 is 22.8 Å². The second-order valence-corrected chi connectivity index (χ2v) is 7.54. The summed E-state index contributed by atoms with van der Waals surface area (Å²) in [4.78, 5) is 21.8. The van der Waals surface area contributed by atoms with Crippen LogP contribution < -0.4 is 10.6 Å². The van der Waals surface area contributed by atoms with E-state index in [1.54, 1.807) is 6.20 Å². The van der Waals surface area contributed by atoms with Crippen molar-refractivity contribution in [3.05, 3.63) is 30.0 Å². The molecule has 26 heavy (non-hydrogen) atoms. The van der Waals surface area contributed by atoms with E-state index < -0.39 is 0 Å². The van der Waals surface area contributed by atoms with E-state index in [2.05, 4.69) is 20.6 Å². The number of hydrogen-bond donors (Lipinski definition) is 3. The van der Waals surface area contributed by atoms with Gasteiger partial charge in [0.1, 0.15) is 0 Å². The standard InChI is InChI=1S/C20H26N4O2/c25-16-10-8-15(9-11-16)23-20-21-12-13-4-3-7-17(18(13)24-20)19(26)22-14-5-1-2-6-14/h3-4,7,12,14-16,25H,1-2,5-6,8-11H2,(H,22,26)(H,21,23,24)/t15-,16-. The highest BCUT2D eigenvalue weighted by molar-refractivity contribution is 6.05. The topological polar surface area (TPSA) is 87.1 Å². The third kappa shape index (κ3) is 3.80. The second-order valence-electron chi connectivity index (χ2n) is 7.54. The quantitative estimate of drug-likeness (QED) is 0.786. The van der Waals surface area contributed by atoms with Gasteiger partial charge in [-0.1, -0.05) is 25.0 Å². The molecule has 1 aromatic heterocycles. The molecule has 2 fully saturated rings. The molecule has 3 N–H and O–H groups in total. The number of hydrogen-bond acceptors (Lipinski definition) is 5. The molecule has 1 aromatic carbocycles. The van der Waals surface area contributed by atoms with Crippen molar-refractivity contribution < 1.29 is 9.90 Å². The van der Waals surface area contributed by atoms with Crippen LogP contribution in [0.3, 0.4) is 0 Å². The van der Waals surface area contributed by atoms with Crippen LogP contribution >= 0.6 is 0 Å². The van der Waals surface area contributed by atoms with Gasteiger partial charge in [0.25, 0.3) is 5.91 Å². The van der Waals surface area contributed by atoms with Crippen molar-refractivity contribution in [2.24, 2.45) is 0 Å². The Morgan fingerprint density at radius 3 is 2.58 bits per heavy atom. The van der Waals surface area contributed by atoms with E-state index in [-0.39, 0.29) is 24.1 Å². The summed E-state index contributed by atoms with van der Waals surface area (Å²) < 4.78 is 0. The number of nitrogens with zero attached hydrogens (tertiary/aromatic N) is 2. The molecule has 0 saturated heterocycles. The summed E-state index contributed by atoms with van der Waals surface area (Å²) in [6.45, 7) is 0. The van der Waals surface area contributed by atoms with E-state index in [0.29, 0.717) is 17.0 Å². The molecule has 2 aliphatic rings. The van der Waals surface area contributed by atoms with Crippen molar-refractivity contribution in [2.45, 2.75) is 69.6 Å². The normalized spacial score (nSPS) is 23.9. The molecule has 2 aromatic rings. The van der Waals surface area contributed by atoms with Crippen LogP contribution in [-0.2, 0) is 0 Å². The lowest BCUT2D eigenvalue weighted by atomic mass is 9.93. The van der Waals surface area contributed by atoms with Gasteiger partial charge in [-0.15, -0.1) is 0 Å². The van der Waals surface area contributed by atoms with Gasteiger partial charge in [0.2, 0.25) is 5.95 Å². The molecule has 138 valence electrons. The molecular formula is C20H26N4O2. The highest BCUT2D eigenvalue weighted by atomic mass is 16.3. The van der Waals surface area contributed by atoms with Crippen LogP contribution in [0.15, 0.2) is 24.4 Å². The van der Waals surface area contributed by atoms with Crippen molar-refractivity contribution in [2.75, 3.05) is 5.32 Å². The fourth-order valence-corrected chi connectivity index (χ4v) is 4.04. The maximum atomic E-state index is 12.7. The SMILES string of the molecule is O=C(NC1CCCC1)c1cccc2cnc(N[C@H]3CC[C@H](O)CC3)nc12. The average Bonchev–Trinajstić information content (AvgIpc) is 3.16. The Bertz CT molecular complexity index is 780. The second kappa shape index (κ2) is 7.58. The minimum atomic E-state index is -0.184. The molecule has 0 unspecified atom stereocenters. The summed E-state index contributed by atoms with van der Waals surface area (Å²) >= 11 is 0. The molecule has 4 rings (SSSR count). The fraction of sp³-hybridized carbons (Fsp3) is 0.550. The first kappa shape index (κ1) is 17.2. The molecule has 0 atom stereocenters. The predicted octanol–water partition coefficient (Wildman–Crippen LogP) is 3.02. The summed E-state index contributed by atoms with van der Waals surface area (Å²) in [5.74, 6) is 0.507.